The van der Waals surface area contributed by atoms with Gasteiger partial charge in [0.15, 0.2) is 0 Å². The normalized spacial score (nSPS) is 11.4. The summed E-state index contributed by atoms with van der Waals surface area (Å²) in [5, 5.41) is 0.865. The van der Waals surface area contributed by atoms with E-state index in [2.05, 4.69) is 4.72 Å². The van der Waals surface area contributed by atoms with Crippen LogP contribution in [0, 0.1) is 0 Å². The summed E-state index contributed by atoms with van der Waals surface area (Å²) in [5.41, 5.74) is 1.11. The maximum Gasteiger partial charge on any atom is 0.281 e. The minimum absolute atomic E-state index is 0.0334. The van der Waals surface area contributed by atoms with Crippen molar-refractivity contribution in [3.63, 3.8) is 0 Å². The van der Waals surface area contributed by atoms with Crippen LogP contribution in [-0.2, 0) is 17.1 Å². The highest BCUT2D eigenvalue weighted by Gasteiger charge is 2.21. The van der Waals surface area contributed by atoms with Gasteiger partial charge in [-0.25, -0.2) is 13.1 Å². The lowest BCUT2D eigenvalue weighted by atomic mass is 10.2. The second kappa shape index (κ2) is 6.01. The molecule has 0 saturated carbocycles. The van der Waals surface area contributed by atoms with Gasteiger partial charge in [0.05, 0.1) is 12.0 Å². The molecule has 0 aliphatic heterocycles. The summed E-state index contributed by atoms with van der Waals surface area (Å²) in [5.74, 6) is -0.286. The number of hydrogen-bond acceptors (Lipinski definition) is 4. The Labute approximate surface area is 139 Å². The molecule has 6 nitrogen and oxygen atoms in total. The first-order chi connectivity index (χ1) is 11.4. The summed E-state index contributed by atoms with van der Waals surface area (Å²) in [7, 11) is -0.825. The highest BCUT2D eigenvalue weighted by Crippen LogP contribution is 2.20. The Morgan fingerprint density at radius 3 is 2.54 bits per heavy atom. The summed E-state index contributed by atoms with van der Waals surface area (Å²) in [6.07, 6.45) is 0. The van der Waals surface area contributed by atoms with Gasteiger partial charge < -0.3 is 9.30 Å². The van der Waals surface area contributed by atoms with Crippen LogP contribution in [0.3, 0.4) is 0 Å². The maximum atomic E-state index is 12.4. The Morgan fingerprint density at radius 1 is 1.08 bits per heavy atom. The summed E-state index contributed by atoms with van der Waals surface area (Å²) in [6, 6.07) is 15.0. The van der Waals surface area contributed by atoms with Crippen molar-refractivity contribution in [1.82, 2.24) is 9.29 Å². The van der Waals surface area contributed by atoms with Crippen LogP contribution in [-0.4, -0.2) is 26.0 Å². The zero-order valence-electron chi connectivity index (χ0n) is 13.2. The van der Waals surface area contributed by atoms with E-state index in [1.165, 1.54) is 19.2 Å². The van der Waals surface area contributed by atoms with Gasteiger partial charge >= 0.3 is 0 Å². The monoisotopic (exact) mass is 344 g/mol. The first-order valence-electron chi connectivity index (χ1n) is 7.18. The van der Waals surface area contributed by atoms with Gasteiger partial charge in [0.25, 0.3) is 15.9 Å². The molecule has 7 heteroatoms. The van der Waals surface area contributed by atoms with Gasteiger partial charge in [0.2, 0.25) is 0 Å². The lowest BCUT2D eigenvalue weighted by Crippen LogP contribution is -2.31. The second-order valence-corrected chi connectivity index (χ2v) is 6.94. The van der Waals surface area contributed by atoms with Gasteiger partial charge in [0.1, 0.15) is 11.4 Å². The van der Waals surface area contributed by atoms with Gasteiger partial charge in [-0.2, -0.15) is 0 Å². The number of aryl methyl sites for hydroxylation is 1. The molecule has 3 rings (SSSR count). The van der Waals surface area contributed by atoms with E-state index in [1.54, 1.807) is 29.8 Å². The zero-order chi connectivity index (χ0) is 17.3. The minimum Gasteiger partial charge on any atom is -0.497 e. The van der Waals surface area contributed by atoms with Crippen LogP contribution >= 0.6 is 0 Å². The van der Waals surface area contributed by atoms with Crippen molar-refractivity contribution in [2.75, 3.05) is 7.11 Å². The predicted molar refractivity (Wildman–Crippen MR) is 90.6 cm³/mol. The number of fused-ring (bicyclic) bond motifs is 1. The number of nitrogens with one attached hydrogen (secondary N) is 1. The van der Waals surface area contributed by atoms with Crippen molar-refractivity contribution in [3.05, 3.63) is 60.3 Å². The molecule has 2 aromatic carbocycles. The highest BCUT2D eigenvalue weighted by atomic mass is 32.2. The molecule has 0 aliphatic rings. The molecule has 1 amide bonds. The number of carbonyl (C=O) groups excluding carboxylic acids is 1. The maximum absolute atomic E-state index is 12.4. The zero-order valence-corrected chi connectivity index (χ0v) is 14.0. The number of ether oxygens (including phenoxy) is 1. The molecule has 0 atom stereocenters. The molecular formula is C17H16N2O4S. The minimum atomic E-state index is -3.99. The third-order valence-electron chi connectivity index (χ3n) is 3.76. The molecule has 24 heavy (non-hydrogen) atoms. The summed E-state index contributed by atoms with van der Waals surface area (Å²) in [6.45, 7) is 0. The lowest BCUT2D eigenvalue weighted by Gasteiger charge is -2.09. The first kappa shape index (κ1) is 16.1. The van der Waals surface area contributed by atoms with Crippen LogP contribution in [0.2, 0.25) is 0 Å². The smallest absolute Gasteiger partial charge is 0.281 e. The van der Waals surface area contributed by atoms with Gasteiger partial charge in [-0.15, -0.1) is 0 Å². The molecule has 0 spiro atoms. The number of hydrogen-bond donors (Lipinski definition) is 1. The van der Waals surface area contributed by atoms with Crippen molar-refractivity contribution < 1.29 is 17.9 Å². The molecule has 3 aromatic rings. The molecule has 0 bridgehead atoms. The number of carbonyl (C=O) groups is 1. The molecule has 0 saturated heterocycles. The predicted octanol–water partition coefficient (Wildman–Crippen LogP) is 2.31. The summed E-state index contributed by atoms with van der Waals surface area (Å²) in [4.78, 5) is 12.4. The number of sulfonamides is 1. The Hall–Kier alpha value is -2.80. The van der Waals surface area contributed by atoms with E-state index in [1.807, 2.05) is 24.3 Å². The largest absolute Gasteiger partial charge is 0.497 e. The lowest BCUT2D eigenvalue weighted by molar-refractivity contribution is 0.0974. The third-order valence-corrected chi connectivity index (χ3v) is 5.09. The Morgan fingerprint density at radius 2 is 1.83 bits per heavy atom. The number of para-hydroxylation sites is 1. The quantitative estimate of drug-likeness (QED) is 0.788. The van der Waals surface area contributed by atoms with Crippen molar-refractivity contribution in [2.45, 2.75) is 4.90 Å². The highest BCUT2D eigenvalue weighted by molar-refractivity contribution is 7.90. The van der Waals surface area contributed by atoms with E-state index in [4.69, 9.17) is 4.74 Å². The SMILES string of the molecule is COc1cccc(S(=O)(=O)NC(=O)c2cc3ccccc3n2C)c1. The number of amides is 1. The van der Waals surface area contributed by atoms with Gasteiger partial charge in [0, 0.05) is 24.0 Å². The number of methoxy groups -OCH3 is 1. The average molecular weight is 344 g/mol. The fourth-order valence-electron chi connectivity index (χ4n) is 2.51. The fraction of sp³-hybridized carbons (Fsp3) is 0.118. The molecule has 1 N–H and O–H groups in total. The van der Waals surface area contributed by atoms with Gasteiger partial charge in [-0.3, -0.25) is 4.79 Å². The van der Waals surface area contributed by atoms with Crippen LogP contribution in [0.25, 0.3) is 10.9 Å². The number of aromatic nitrogens is 1. The molecule has 0 aliphatic carbocycles. The van der Waals surface area contributed by atoms with Crippen molar-refractivity contribution in [3.8, 4) is 5.75 Å². The fourth-order valence-corrected chi connectivity index (χ4v) is 3.50. The van der Waals surface area contributed by atoms with Gasteiger partial charge in [-0.05, 0) is 24.3 Å². The Balaban J connectivity index is 1.94. The topological polar surface area (TPSA) is 77.4 Å². The number of nitrogens with zero attached hydrogens (tertiary/aromatic N) is 1. The summed E-state index contributed by atoms with van der Waals surface area (Å²) >= 11 is 0. The number of rotatable bonds is 4. The summed E-state index contributed by atoms with van der Waals surface area (Å²) < 4.78 is 33.6. The standard InChI is InChI=1S/C17H16N2O4S/c1-19-15-9-4-3-6-12(15)10-16(19)17(20)18-24(21,22)14-8-5-7-13(11-14)23-2/h3-11H,1-2H3,(H,18,20). The van der Waals surface area contributed by atoms with Crippen LogP contribution in [0.1, 0.15) is 10.5 Å². The van der Waals surface area contributed by atoms with E-state index in [-0.39, 0.29) is 10.6 Å². The molecule has 124 valence electrons. The molecule has 0 fully saturated rings. The van der Waals surface area contributed by atoms with E-state index in [0.717, 1.165) is 10.9 Å². The van der Waals surface area contributed by atoms with Crippen LogP contribution in [0.4, 0.5) is 0 Å². The average Bonchev–Trinajstić information content (AvgIpc) is 2.92. The van der Waals surface area contributed by atoms with Gasteiger partial charge in [-0.1, -0.05) is 24.3 Å². The van der Waals surface area contributed by atoms with Crippen molar-refractivity contribution in [1.29, 1.82) is 0 Å². The van der Waals surface area contributed by atoms with E-state index in [0.29, 0.717) is 5.75 Å². The van der Waals surface area contributed by atoms with Crippen LogP contribution in [0.5, 0.6) is 5.75 Å². The molecule has 0 radical (unpaired) electrons. The van der Waals surface area contributed by atoms with E-state index in [9.17, 15) is 13.2 Å². The van der Waals surface area contributed by atoms with Crippen molar-refractivity contribution >= 4 is 26.8 Å². The molecule has 1 aromatic heterocycles. The third kappa shape index (κ3) is 2.85. The van der Waals surface area contributed by atoms with Crippen molar-refractivity contribution in [2.24, 2.45) is 7.05 Å². The van der Waals surface area contributed by atoms with E-state index < -0.39 is 15.9 Å². The van der Waals surface area contributed by atoms with Crippen LogP contribution < -0.4 is 9.46 Å². The molecular weight excluding hydrogens is 328 g/mol. The first-order valence-corrected chi connectivity index (χ1v) is 8.66. The Kier molecular flexibility index (Phi) is 4.02. The van der Waals surface area contributed by atoms with E-state index >= 15 is 0 Å². The Bertz CT molecular complexity index is 1020. The molecule has 0 unspecified atom stereocenters. The second-order valence-electron chi connectivity index (χ2n) is 5.26. The van der Waals surface area contributed by atoms with Crippen LogP contribution in [0.15, 0.2) is 59.5 Å². The molecule has 1 heterocycles. The number of benzene rings is 2.